The van der Waals surface area contributed by atoms with Gasteiger partial charge in [0.15, 0.2) is 0 Å². The van der Waals surface area contributed by atoms with Crippen LogP contribution in [-0.2, 0) is 50.2 Å². The molecule has 0 aliphatic carbocycles. The average molecular weight is 743 g/mol. The number of ether oxygens (including phenoxy) is 5. The zero-order chi connectivity index (χ0) is 36.2. The van der Waals surface area contributed by atoms with Gasteiger partial charge in [-0.05, 0) is 38.5 Å². The van der Waals surface area contributed by atoms with Crippen LogP contribution in [0.2, 0.25) is 11.6 Å². The van der Waals surface area contributed by atoms with E-state index in [0.29, 0.717) is 19.3 Å². The molecule has 0 N–H and O–H groups in total. The minimum absolute atomic E-state index is 0.0534. The first kappa shape index (κ1) is 49.0. The second kappa shape index (κ2) is 36.4. The van der Waals surface area contributed by atoms with Crippen LogP contribution in [0, 0.1) is 0 Å². The maximum atomic E-state index is 5.82. The normalized spacial score (nSPS) is 13.0. The van der Waals surface area contributed by atoms with E-state index in [1.165, 1.54) is 70.6 Å². The van der Waals surface area contributed by atoms with Crippen LogP contribution in [0.1, 0.15) is 116 Å². The van der Waals surface area contributed by atoms with Gasteiger partial charge in [0.1, 0.15) is 0 Å². The molecule has 0 fully saturated rings. The molecule has 0 spiro atoms. The molecule has 296 valence electrons. The molecule has 0 aromatic rings. The van der Waals surface area contributed by atoms with Crippen LogP contribution in [0.25, 0.3) is 0 Å². The van der Waals surface area contributed by atoms with E-state index >= 15 is 0 Å². The van der Waals surface area contributed by atoms with Crippen molar-refractivity contribution in [1.82, 2.24) is 0 Å². The van der Waals surface area contributed by atoms with Crippen molar-refractivity contribution in [2.24, 2.45) is 0 Å². The highest BCUT2D eigenvalue weighted by molar-refractivity contribution is 6.67. The van der Waals surface area contributed by atoms with Crippen molar-refractivity contribution in [3.05, 3.63) is 0 Å². The lowest BCUT2D eigenvalue weighted by molar-refractivity contribution is 0.0508. The first-order chi connectivity index (χ1) is 24.0. The monoisotopic (exact) mass is 743 g/mol. The molecule has 0 heterocycles. The number of rotatable bonds is 41. The minimum atomic E-state index is -2.86. The molecule has 0 amide bonds. The van der Waals surface area contributed by atoms with Gasteiger partial charge in [0.2, 0.25) is 0 Å². The summed E-state index contributed by atoms with van der Waals surface area (Å²) in [5.74, 6) is 0. The van der Waals surface area contributed by atoms with Gasteiger partial charge in [-0.15, -0.1) is 0 Å². The Hall–Kier alpha value is -0.00623. The Labute approximate surface area is 303 Å². The number of unbranched alkanes of at least 4 members (excludes halogenated alkanes) is 13. The lowest BCUT2D eigenvalue weighted by Crippen LogP contribution is -2.53. The van der Waals surface area contributed by atoms with E-state index in [1.807, 2.05) is 0 Å². The third-order valence-electron chi connectivity index (χ3n) is 9.04. The molecule has 0 aromatic carbocycles. The van der Waals surface area contributed by atoms with Gasteiger partial charge in [0, 0.05) is 108 Å². The van der Waals surface area contributed by atoms with Gasteiger partial charge >= 0.3 is 17.6 Å². The van der Waals surface area contributed by atoms with Gasteiger partial charge in [0.25, 0.3) is 0 Å². The molecular weight excluding hydrogens is 665 g/mol. The molecule has 0 rings (SSSR count). The predicted octanol–water partition coefficient (Wildman–Crippen LogP) is 7.85. The number of hydrogen-bond donors (Lipinski definition) is 0. The van der Waals surface area contributed by atoms with E-state index in [9.17, 15) is 0 Å². The minimum Gasteiger partial charge on any atom is -0.382 e. The Bertz CT molecular complexity index is 642. The molecule has 11 nitrogen and oxygen atoms in total. The van der Waals surface area contributed by atoms with E-state index in [1.54, 1.807) is 49.8 Å². The zero-order valence-electron chi connectivity index (χ0n) is 32.9. The smallest absolute Gasteiger partial charge is 0.382 e. The van der Waals surface area contributed by atoms with Crippen LogP contribution in [-0.4, -0.2) is 127 Å². The predicted molar refractivity (Wildman–Crippen MR) is 200 cm³/mol. The Morgan fingerprint density at radius 3 is 1.00 bits per heavy atom. The van der Waals surface area contributed by atoms with Gasteiger partial charge in [-0.3, -0.25) is 0 Å². The van der Waals surface area contributed by atoms with Crippen molar-refractivity contribution in [3.8, 4) is 0 Å². The van der Waals surface area contributed by atoms with Crippen LogP contribution in [0.5, 0.6) is 0 Å². The summed E-state index contributed by atoms with van der Waals surface area (Å²) in [5, 5.41) is 0. The van der Waals surface area contributed by atoms with Crippen molar-refractivity contribution in [3.63, 3.8) is 0 Å². The van der Waals surface area contributed by atoms with Gasteiger partial charge in [-0.25, -0.2) is 0 Å². The molecule has 0 aliphatic heterocycles. The van der Waals surface area contributed by atoms with E-state index in [-0.39, 0.29) is 5.54 Å². The van der Waals surface area contributed by atoms with Gasteiger partial charge in [0.05, 0.1) is 13.2 Å². The second-order valence-electron chi connectivity index (χ2n) is 12.7. The fourth-order valence-corrected chi connectivity index (χ4v) is 11.6. The Morgan fingerprint density at radius 2 is 0.653 bits per heavy atom. The Morgan fingerprint density at radius 1 is 0.327 bits per heavy atom. The molecule has 13 heteroatoms. The molecule has 0 saturated carbocycles. The summed E-state index contributed by atoms with van der Waals surface area (Å²) in [6.45, 7) is 7.07. The van der Waals surface area contributed by atoms with Gasteiger partial charge in [-0.2, -0.15) is 0 Å². The molecule has 0 aliphatic rings. The second-order valence-corrected chi connectivity index (χ2v) is 18.9. The molecule has 1 unspecified atom stereocenters. The fraction of sp³-hybridized carbons (Fsp3) is 1.00. The maximum absolute atomic E-state index is 5.82. The van der Waals surface area contributed by atoms with E-state index in [2.05, 4.69) is 0 Å². The summed E-state index contributed by atoms with van der Waals surface area (Å²) in [5.41, 5.74) is 0.0534. The number of hydrogen-bond acceptors (Lipinski definition) is 11. The fourth-order valence-electron chi connectivity index (χ4n) is 5.98. The van der Waals surface area contributed by atoms with E-state index < -0.39 is 17.6 Å². The van der Waals surface area contributed by atoms with Gasteiger partial charge in [-0.1, -0.05) is 77.0 Å². The Kier molecular flexibility index (Phi) is 36.4. The topological polar surface area (TPSA) is 102 Å². The largest absolute Gasteiger partial charge is 0.503 e. The SMILES string of the molecule is COCCOCCCOCCCCCCCCCCOCCCOCCCCCCCCCC(C[Si](OC)(OC)OC)[Si](OC)(OC)OC. The molecule has 0 bridgehead atoms. The summed E-state index contributed by atoms with van der Waals surface area (Å²) >= 11 is 0. The van der Waals surface area contributed by atoms with Gasteiger partial charge < -0.3 is 50.2 Å². The maximum Gasteiger partial charge on any atom is 0.503 e. The van der Waals surface area contributed by atoms with Crippen molar-refractivity contribution in [2.45, 2.75) is 127 Å². The zero-order valence-corrected chi connectivity index (χ0v) is 34.9. The highest BCUT2D eigenvalue weighted by Crippen LogP contribution is 2.38. The number of methoxy groups -OCH3 is 1. The summed E-state index contributed by atoms with van der Waals surface area (Å²) in [7, 11) is 5.95. The van der Waals surface area contributed by atoms with Crippen molar-refractivity contribution < 1.29 is 50.2 Å². The van der Waals surface area contributed by atoms with Crippen molar-refractivity contribution >= 4 is 17.6 Å². The van der Waals surface area contributed by atoms with Crippen LogP contribution >= 0.6 is 0 Å². The average Bonchev–Trinajstić information content (AvgIpc) is 3.13. The van der Waals surface area contributed by atoms with Crippen molar-refractivity contribution in [2.75, 3.05) is 109 Å². The third-order valence-corrected chi connectivity index (χ3v) is 15.5. The summed E-state index contributed by atoms with van der Waals surface area (Å²) in [6, 6.07) is 0.608. The van der Waals surface area contributed by atoms with E-state index in [0.717, 1.165) is 91.2 Å². The first-order valence-corrected chi connectivity index (χ1v) is 22.9. The molecular formula is C36H78O11Si2. The van der Waals surface area contributed by atoms with Crippen LogP contribution in [0.15, 0.2) is 0 Å². The quantitative estimate of drug-likeness (QED) is 0.0452. The van der Waals surface area contributed by atoms with Crippen LogP contribution < -0.4 is 0 Å². The third kappa shape index (κ3) is 26.4. The standard InChI is InChI=1S/C36H78O11Si2/c1-37-33-34-47-32-24-31-46-28-21-17-13-9-8-12-16-20-26-44-29-23-30-45-27-22-18-14-10-11-15-19-25-36(49(41-5,42-6)43-7)35-48(38-2,39-3)40-4/h36H,8-35H2,1-7H3. The van der Waals surface area contributed by atoms with Crippen LogP contribution in [0.3, 0.4) is 0 Å². The van der Waals surface area contributed by atoms with Crippen molar-refractivity contribution in [1.29, 1.82) is 0 Å². The molecule has 1 atom stereocenters. The molecule has 0 radical (unpaired) electrons. The Balaban J connectivity index is 3.55. The molecule has 0 saturated heterocycles. The summed E-state index contributed by atoms with van der Waals surface area (Å²) in [4.78, 5) is 0. The van der Waals surface area contributed by atoms with Crippen LogP contribution in [0.4, 0.5) is 0 Å². The lowest BCUT2D eigenvalue weighted by atomic mass is 10.1. The highest BCUT2D eigenvalue weighted by atomic mass is 28.4. The molecule has 0 aromatic heterocycles. The summed E-state index contributed by atoms with van der Waals surface area (Å²) < 4.78 is 62.2. The first-order valence-electron chi connectivity index (χ1n) is 19.1. The highest BCUT2D eigenvalue weighted by Gasteiger charge is 2.53. The lowest BCUT2D eigenvalue weighted by Gasteiger charge is -2.36. The van der Waals surface area contributed by atoms with E-state index in [4.69, 9.17) is 50.2 Å². The molecule has 49 heavy (non-hydrogen) atoms. The summed E-state index contributed by atoms with van der Waals surface area (Å²) in [6.07, 6.45) is 21.3.